The van der Waals surface area contributed by atoms with Crippen LogP contribution in [-0.2, 0) is 16.9 Å². The molecule has 0 aromatic heterocycles. The van der Waals surface area contributed by atoms with Gasteiger partial charge in [0.15, 0.2) is 5.60 Å². The van der Waals surface area contributed by atoms with Gasteiger partial charge in [-0.3, -0.25) is 0 Å². The molecular weight excluding hydrogens is 508 g/mol. The number of para-hydroxylation sites is 1. The van der Waals surface area contributed by atoms with E-state index in [1.54, 1.807) is 0 Å². The molecule has 5 aromatic carbocycles. The molecule has 2 heterocycles. The quantitative estimate of drug-likeness (QED) is 0.228. The summed E-state index contributed by atoms with van der Waals surface area (Å²) in [5, 5.41) is 3.57. The van der Waals surface area contributed by atoms with E-state index in [9.17, 15) is 4.79 Å². The summed E-state index contributed by atoms with van der Waals surface area (Å²) in [6.45, 7) is 4.83. The highest BCUT2D eigenvalue weighted by molar-refractivity contribution is 5.97. The van der Waals surface area contributed by atoms with E-state index in [1.165, 1.54) is 5.56 Å². The number of anilines is 3. The normalized spacial score (nSPS) is 16.3. The van der Waals surface area contributed by atoms with Gasteiger partial charge in [0, 0.05) is 52.9 Å². The lowest BCUT2D eigenvalue weighted by atomic mass is 9.76. The molecule has 0 aliphatic carbocycles. The summed E-state index contributed by atoms with van der Waals surface area (Å²) in [5.41, 5.74) is 8.19. The van der Waals surface area contributed by atoms with Crippen LogP contribution >= 0.6 is 0 Å². The fourth-order valence-corrected chi connectivity index (χ4v) is 6.14. The minimum Gasteiger partial charge on any atom is -0.456 e. The van der Waals surface area contributed by atoms with Crippen LogP contribution in [-0.4, -0.2) is 13.0 Å². The molecule has 5 heteroatoms. The van der Waals surface area contributed by atoms with Crippen molar-refractivity contribution in [1.82, 2.24) is 0 Å². The Morgan fingerprint density at radius 2 is 1.49 bits per heavy atom. The maximum absolute atomic E-state index is 13.4. The summed E-state index contributed by atoms with van der Waals surface area (Å²) in [7, 11) is 2.05. The number of hydrogen-bond donors (Lipinski definition) is 1. The van der Waals surface area contributed by atoms with E-state index < -0.39 is 5.60 Å². The Kier molecular flexibility index (Phi) is 5.82. The molecule has 5 nitrogen and oxygen atoms in total. The molecule has 0 saturated heterocycles. The van der Waals surface area contributed by atoms with Crippen LogP contribution in [0.15, 0.2) is 109 Å². The number of ether oxygens (including phenoxy) is 2. The average Bonchev–Trinajstić information content (AvgIpc) is 3.30. The molecule has 1 N–H and O–H groups in total. The van der Waals surface area contributed by atoms with E-state index in [-0.39, 0.29) is 5.97 Å². The molecular formula is C36H30N2O3. The molecule has 0 saturated carbocycles. The second-order valence-corrected chi connectivity index (χ2v) is 10.7. The lowest BCUT2D eigenvalue weighted by molar-refractivity contribution is 0.0224. The fraction of sp³-hybridized carbons (Fsp3) is 0.139. The summed E-state index contributed by atoms with van der Waals surface area (Å²) in [6, 6.07) is 36.5. The van der Waals surface area contributed by atoms with Crippen LogP contribution in [0.4, 0.5) is 17.1 Å². The Morgan fingerprint density at radius 1 is 0.780 bits per heavy atom. The highest BCUT2D eigenvalue weighted by Gasteiger charge is 2.54. The molecule has 1 atom stereocenters. The zero-order chi connectivity index (χ0) is 28.1. The predicted molar refractivity (Wildman–Crippen MR) is 162 cm³/mol. The molecule has 1 unspecified atom stereocenters. The third kappa shape index (κ3) is 3.88. The number of rotatable bonds is 5. The van der Waals surface area contributed by atoms with Gasteiger partial charge >= 0.3 is 5.97 Å². The van der Waals surface area contributed by atoms with Gasteiger partial charge in [-0.15, -0.1) is 0 Å². The molecule has 5 aromatic rings. The van der Waals surface area contributed by atoms with Crippen molar-refractivity contribution < 1.29 is 14.3 Å². The molecule has 41 heavy (non-hydrogen) atoms. The number of nitrogens with zero attached hydrogens (tertiary/aromatic N) is 1. The van der Waals surface area contributed by atoms with Crippen LogP contribution in [0, 0.1) is 13.8 Å². The maximum atomic E-state index is 13.4. The standard InChI is InChI=1S/C36H30N2O3/c1-23-20-33-30(21-32(23)38(3)26-14-8-5-9-15-26)36(28-17-11-10-16-27(28)35(39)41-36)29-18-19-31(24(2)34(29)40-33)37-22-25-12-6-4-7-13-25/h4-21,37H,22H2,1-3H3. The van der Waals surface area contributed by atoms with Gasteiger partial charge in [0.25, 0.3) is 0 Å². The average molecular weight is 539 g/mol. The zero-order valence-corrected chi connectivity index (χ0v) is 23.3. The van der Waals surface area contributed by atoms with E-state index in [2.05, 4.69) is 73.6 Å². The lowest BCUT2D eigenvalue weighted by Crippen LogP contribution is -2.33. The Hall–Kier alpha value is -5.03. The van der Waals surface area contributed by atoms with E-state index in [0.29, 0.717) is 23.6 Å². The Bertz CT molecular complexity index is 1800. The van der Waals surface area contributed by atoms with Crippen LogP contribution in [0.1, 0.15) is 43.7 Å². The Labute approximate surface area is 240 Å². The van der Waals surface area contributed by atoms with E-state index >= 15 is 0 Å². The molecule has 7 rings (SSSR count). The topological polar surface area (TPSA) is 50.8 Å². The largest absolute Gasteiger partial charge is 0.456 e. The van der Waals surface area contributed by atoms with Gasteiger partial charge in [0.2, 0.25) is 0 Å². The first-order chi connectivity index (χ1) is 20.0. The highest BCUT2D eigenvalue weighted by atomic mass is 16.6. The van der Waals surface area contributed by atoms with Crippen LogP contribution in [0.25, 0.3) is 0 Å². The monoisotopic (exact) mass is 538 g/mol. The van der Waals surface area contributed by atoms with E-state index in [1.807, 2.05) is 66.7 Å². The number of hydrogen-bond acceptors (Lipinski definition) is 5. The second kappa shape index (κ2) is 9.56. The molecule has 1 spiro atoms. The first-order valence-electron chi connectivity index (χ1n) is 13.8. The number of esters is 1. The molecule has 0 radical (unpaired) electrons. The van der Waals surface area contributed by atoms with Gasteiger partial charge in [-0.25, -0.2) is 4.79 Å². The van der Waals surface area contributed by atoms with Crippen molar-refractivity contribution in [3.8, 4) is 11.5 Å². The van der Waals surface area contributed by atoms with Gasteiger partial charge in [-0.1, -0.05) is 66.7 Å². The van der Waals surface area contributed by atoms with Crippen molar-refractivity contribution in [2.24, 2.45) is 0 Å². The maximum Gasteiger partial charge on any atom is 0.340 e. The second-order valence-electron chi connectivity index (χ2n) is 10.7. The van der Waals surface area contributed by atoms with Crippen LogP contribution in [0.3, 0.4) is 0 Å². The summed E-state index contributed by atoms with van der Waals surface area (Å²) >= 11 is 0. The summed E-state index contributed by atoms with van der Waals surface area (Å²) in [4.78, 5) is 15.5. The van der Waals surface area contributed by atoms with Crippen molar-refractivity contribution >= 4 is 23.0 Å². The molecule has 202 valence electrons. The SMILES string of the molecule is Cc1cc2c(cc1N(C)c1ccccc1)C1(OC(=O)c3ccccc31)c1ccc(NCc3ccccc3)c(C)c1O2. The van der Waals surface area contributed by atoms with Crippen LogP contribution in [0.5, 0.6) is 11.5 Å². The lowest BCUT2D eigenvalue weighted by Gasteiger charge is -2.38. The van der Waals surface area contributed by atoms with Crippen molar-refractivity contribution in [3.63, 3.8) is 0 Å². The molecule has 0 bridgehead atoms. The Balaban J connectivity index is 1.41. The summed E-state index contributed by atoms with van der Waals surface area (Å²) in [6.07, 6.45) is 0. The van der Waals surface area contributed by atoms with E-state index in [4.69, 9.17) is 9.47 Å². The number of benzene rings is 5. The van der Waals surface area contributed by atoms with Gasteiger partial charge in [0.05, 0.1) is 5.56 Å². The minimum absolute atomic E-state index is 0.332. The molecule has 0 amide bonds. The van der Waals surface area contributed by atoms with Gasteiger partial charge < -0.3 is 19.7 Å². The number of aryl methyl sites for hydroxylation is 1. The fourth-order valence-electron chi connectivity index (χ4n) is 6.14. The van der Waals surface area contributed by atoms with Crippen molar-refractivity contribution in [3.05, 3.63) is 148 Å². The first kappa shape index (κ1) is 25.0. The number of carbonyl (C=O) groups is 1. The minimum atomic E-state index is -1.13. The van der Waals surface area contributed by atoms with E-state index in [0.717, 1.165) is 44.9 Å². The van der Waals surface area contributed by atoms with Crippen LogP contribution in [0.2, 0.25) is 0 Å². The van der Waals surface area contributed by atoms with Gasteiger partial charge in [-0.2, -0.15) is 0 Å². The molecule has 2 aliphatic rings. The predicted octanol–water partition coefficient (Wildman–Crippen LogP) is 8.25. The zero-order valence-electron chi connectivity index (χ0n) is 23.3. The third-order valence-electron chi connectivity index (χ3n) is 8.28. The molecule has 2 aliphatic heterocycles. The first-order valence-corrected chi connectivity index (χ1v) is 13.8. The van der Waals surface area contributed by atoms with Gasteiger partial charge in [0.1, 0.15) is 11.5 Å². The highest BCUT2D eigenvalue weighted by Crippen LogP contribution is 2.58. The van der Waals surface area contributed by atoms with Crippen molar-refractivity contribution in [2.75, 3.05) is 17.3 Å². The summed E-state index contributed by atoms with van der Waals surface area (Å²) < 4.78 is 13.2. The third-order valence-corrected chi connectivity index (χ3v) is 8.28. The number of nitrogens with one attached hydrogen (secondary N) is 1. The number of fused-ring (bicyclic) bond motifs is 6. The Morgan fingerprint density at radius 3 is 2.27 bits per heavy atom. The van der Waals surface area contributed by atoms with Gasteiger partial charge in [-0.05, 0) is 67.4 Å². The van der Waals surface area contributed by atoms with Crippen molar-refractivity contribution in [2.45, 2.75) is 26.0 Å². The summed E-state index contributed by atoms with van der Waals surface area (Å²) in [5.74, 6) is 1.07. The van der Waals surface area contributed by atoms with Crippen molar-refractivity contribution in [1.29, 1.82) is 0 Å². The number of carbonyl (C=O) groups excluding carboxylic acids is 1. The van der Waals surface area contributed by atoms with Crippen LogP contribution < -0.4 is 15.0 Å². The smallest absolute Gasteiger partial charge is 0.340 e. The molecule has 0 fully saturated rings.